The predicted molar refractivity (Wildman–Crippen MR) is 59.3 cm³/mol. The maximum atomic E-state index is 5.59. The summed E-state index contributed by atoms with van der Waals surface area (Å²) in [6.07, 6.45) is 1.67. The summed E-state index contributed by atoms with van der Waals surface area (Å²) in [6, 6.07) is 7.63. The van der Waals surface area contributed by atoms with Crippen LogP contribution in [-0.4, -0.2) is 10.2 Å². The van der Waals surface area contributed by atoms with Crippen molar-refractivity contribution in [1.82, 2.24) is 10.2 Å². The van der Waals surface area contributed by atoms with E-state index in [0.29, 0.717) is 5.82 Å². The van der Waals surface area contributed by atoms with E-state index in [1.807, 2.05) is 24.3 Å². The minimum atomic E-state index is 0. The molecule has 0 unspecified atom stereocenters. The van der Waals surface area contributed by atoms with Gasteiger partial charge in [0.25, 0.3) is 0 Å². The summed E-state index contributed by atoms with van der Waals surface area (Å²) in [6.45, 7) is 0. The zero-order valence-electron chi connectivity index (χ0n) is 7.09. The first-order valence-electron chi connectivity index (χ1n) is 3.70. The van der Waals surface area contributed by atoms with Crippen molar-refractivity contribution >= 4 is 40.8 Å². The van der Waals surface area contributed by atoms with Gasteiger partial charge in [0.1, 0.15) is 0 Å². The molecule has 1 heterocycles. The number of hydrazine groups is 1. The number of fused-ring (bicyclic) bond motifs is 1. The van der Waals surface area contributed by atoms with Crippen LogP contribution < -0.4 is 10.4 Å². The summed E-state index contributed by atoms with van der Waals surface area (Å²) in [5, 5.41) is 9.45. The van der Waals surface area contributed by atoms with E-state index in [-0.39, 0.29) is 12.4 Å². The van der Waals surface area contributed by atoms with E-state index in [0.717, 1.165) is 15.3 Å². The number of hydrogen-bond donors (Lipinski definition) is 1. The minimum absolute atomic E-state index is 0. The first-order chi connectivity index (χ1) is 6.29. The van der Waals surface area contributed by atoms with Gasteiger partial charge in [0.2, 0.25) is 0 Å². The minimum Gasteiger partial charge on any atom is -0.231 e. The van der Waals surface area contributed by atoms with Gasteiger partial charge in [-0.15, -0.1) is 17.5 Å². The van der Waals surface area contributed by atoms with Gasteiger partial charge in [-0.3, -0.25) is 0 Å². The van der Waals surface area contributed by atoms with Crippen molar-refractivity contribution in [3.63, 3.8) is 0 Å². The highest BCUT2D eigenvalue weighted by Gasteiger charge is 2.05. The summed E-state index contributed by atoms with van der Waals surface area (Å²) < 4.78 is 0.940. The molecule has 0 bridgehead atoms. The lowest BCUT2D eigenvalue weighted by Gasteiger charge is -2.08. The van der Waals surface area contributed by atoms with Gasteiger partial charge in [-0.25, -0.2) is 5.84 Å². The fraction of sp³-hybridized carbons (Fsp3) is 0. The Hall–Kier alpha value is -1.10. The number of rotatable bonds is 1. The van der Waals surface area contributed by atoms with E-state index in [4.69, 9.17) is 17.6 Å². The zero-order valence-corrected chi connectivity index (χ0v) is 8.66. The molecular formula is C8H8Cl2N4. The molecule has 0 saturated carbocycles. The van der Waals surface area contributed by atoms with Gasteiger partial charge in [-0.1, -0.05) is 24.3 Å². The lowest BCUT2D eigenvalue weighted by molar-refractivity contribution is 1.00. The number of halogens is 2. The molecule has 2 rings (SSSR count). The second-order valence-corrected chi connectivity index (χ2v) is 2.93. The SMILES string of the molecule is Cl.NN(Cl)c1nncc2ccccc12. The molecule has 0 radical (unpaired) electrons. The zero-order chi connectivity index (χ0) is 9.26. The number of nitrogens with zero attached hydrogens (tertiary/aromatic N) is 3. The lowest BCUT2D eigenvalue weighted by atomic mass is 10.2. The van der Waals surface area contributed by atoms with E-state index in [2.05, 4.69) is 10.2 Å². The van der Waals surface area contributed by atoms with Crippen molar-refractivity contribution in [3.8, 4) is 0 Å². The van der Waals surface area contributed by atoms with E-state index in [1.165, 1.54) is 0 Å². The first-order valence-corrected chi connectivity index (χ1v) is 4.04. The Morgan fingerprint density at radius 1 is 1.29 bits per heavy atom. The summed E-state index contributed by atoms with van der Waals surface area (Å²) in [4.78, 5) is 0. The molecule has 4 nitrogen and oxygen atoms in total. The molecule has 0 saturated heterocycles. The van der Waals surface area contributed by atoms with Crippen molar-refractivity contribution in [1.29, 1.82) is 0 Å². The van der Waals surface area contributed by atoms with Crippen molar-refractivity contribution < 1.29 is 0 Å². The largest absolute Gasteiger partial charge is 0.231 e. The molecule has 0 spiro atoms. The fourth-order valence-corrected chi connectivity index (χ4v) is 1.30. The number of benzene rings is 1. The molecule has 14 heavy (non-hydrogen) atoms. The Morgan fingerprint density at radius 2 is 2.00 bits per heavy atom. The monoisotopic (exact) mass is 230 g/mol. The third kappa shape index (κ3) is 1.87. The highest BCUT2D eigenvalue weighted by atomic mass is 35.5. The molecule has 0 atom stereocenters. The van der Waals surface area contributed by atoms with Crippen LogP contribution in [0.1, 0.15) is 0 Å². The first kappa shape index (κ1) is 11.0. The Labute approximate surface area is 92.2 Å². The van der Waals surface area contributed by atoms with Crippen LogP contribution in [0.3, 0.4) is 0 Å². The van der Waals surface area contributed by atoms with E-state index in [1.54, 1.807) is 6.20 Å². The number of aromatic nitrogens is 2. The third-order valence-electron chi connectivity index (χ3n) is 1.75. The normalized spacial score (nSPS) is 9.57. The molecule has 0 fully saturated rings. The average Bonchev–Trinajstić information content (AvgIpc) is 2.17. The lowest BCUT2D eigenvalue weighted by Crippen LogP contribution is -2.20. The molecule has 2 aromatic rings. The second-order valence-electron chi connectivity index (χ2n) is 2.57. The highest BCUT2D eigenvalue weighted by molar-refractivity contribution is 6.26. The van der Waals surface area contributed by atoms with E-state index in [9.17, 15) is 0 Å². The topological polar surface area (TPSA) is 55.0 Å². The molecule has 0 aliphatic rings. The van der Waals surface area contributed by atoms with Crippen LogP contribution in [0.15, 0.2) is 30.5 Å². The summed E-state index contributed by atoms with van der Waals surface area (Å²) in [7, 11) is 0. The van der Waals surface area contributed by atoms with Crippen LogP contribution >= 0.6 is 24.2 Å². The number of nitrogens with two attached hydrogens (primary N) is 1. The molecule has 74 valence electrons. The van der Waals surface area contributed by atoms with Gasteiger partial charge in [-0.05, 0) is 0 Å². The smallest absolute Gasteiger partial charge is 0.188 e. The Kier molecular flexibility index (Phi) is 3.46. The second kappa shape index (κ2) is 4.41. The van der Waals surface area contributed by atoms with Crippen LogP contribution in [0.5, 0.6) is 0 Å². The van der Waals surface area contributed by atoms with Crippen LogP contribution in [0, 0.1) is 0 Å². The molecule has 0 amide bonds. The molecule has 6 heteroatoms. The standard InChI is InChI=1S/C8H7ClN4.ClH/c9-13(10)8-7-4-2-1-3-6(7)5-11-12-8;/h1-5H,10H2;1H. The fourth-order valence-electron chi connectivity index (χ4n) is 1.17. The Bertz CT molecular complexity index is 427. The number of anilines is 1. The third-order valence-corrected chi connectivity index (χ3v) is 1.91. The van der Waals surface area contributed by atoms with E-state index < -0.39 is 0 Å². The van der Waals surface area contributed by atoms with Crippen molar-refractivity contribution in [2.75, 3.05) is 4.53 Å². The predicted octanol–water partition coefficient (Wildman–Crippen LogP) is 1.89. The van der Waals surface area contributed by atoms with Gasteiger partial charge in [0.05, 0.1) is 6.20 Å². The molecule has 1 aromatic carbocycles. The summed E-state index contributed by atoms with van der Waals surface area (Å²) in [5.74, 6) is 5.83. The van der Waals surface area contributed by atoms with Gasteiger partial charge in [0.15, 0.2) is 5.82 Å². The van der Waals surface area contributed by atoms with Crippen molar-refractivity contribution in [2.45, 2.75) is 0 Å². The summed E-state index contributed by atoms with van der Waals surface area (Å²) >= 11 is 5.59. The van der Waals surface area contributed by atoms with Crippen LogP contribution in [0.2, 0.25) is 0 Å². The van der Waals surface area contributed by atoms with Crippen LogP contribution in [0.4, 0.5) is 5.82 Å². The highest BCUT2D eigenvalue weighted by Crippen LogP contribution is 2.21. The van der Waals surface area contributed by atoms with Crippen molar-refractivity contribution in [2.24, 2.45) is 5.84 Å². The Morgan fingerprint density at radius 3 is 2.71 bits per heavy atom. The molecule has 0 aliphatic carbocycles. The molecular weight excluding hydrogens is 223 g/mol. The maximum Gasteiger partial charge on any atom is 0.188 e. The molecule has 1 aromatic heterocycles. The average molecular weight is 231 g/mol. The van der Waals surface area contributed by atoms with Crippen molar-refractivity contribution in [3.05, 3.63) is 30.5 Å². The quantitative estimate of drug-likeness (QED) is 0.462. The van der Waals surface area contributed by atoms with Crippen LogP contribution in [0.25, 0.3) is 10.8 Å². The van der Waals surface area contributed by atoms with Gasteiger partial charge in [0, 0.05) is 22.5 Å². The number of hydrogen-bond acceptors (Lipinski definition) is 4. The molecule has 2 N–H and O–H groups in total. The Balaban J connectivity index is 0.000000980. The molecule has 0 aliphatic heterocycles. The van der Waals surface area contributed by atoms with E-state index >= 15 is 0 Å². The van der Waals surface area contributed by atoms with Gasteiger partial charge < -0.3 is 0 Å². The maximum absolute atomic E-state index is 5.59. The van der Waals surface area contributed by atoms with Gasteiger partial charge >= 0.3 is 0 Å². The van der Waals surface area contributed by atoms with Crippen LogP contribution in [-0.2, 0) is 0 Å². The summed E-state index contributed by atoms with van der Waals surface area (Å²) in [5.41, 5.74) is 0. The van der Waals surface area contributed by atoms with Gasteiger partial charge in [-0.2, -0.15) is 9.63 Å².